The molecule has 0 aliphatic heterocycles. The lowest BCUT2D eigenvalue weighted by Gasteiger charge is -2.19. The number of hydrogen-bond donors (Lipinski definition) is 0. The molecule has 0 saturated carbocycles. The molecule has 4 nitrogen and oxygen atoms in total. The van der Waals surface area contributed by atoms with Gasteiger partial charge in [-0.05, 0) is 24.3 Å². The summed E-state index contributed by atoms with van der Waals surface area (Å²) in [5.74, 6) is 0.851. The van der Waals surface area contributed by atoms with Crippen molar-refractivity contribution in [2.24, 2.45) is 0 Å². The van der Waals surface area contributed by atoms with E-state index in [1.807, 2.05) is 17.5 Å². The molecule has 8 heteroatoms. The minimum absolute atomic E-state index is 0.580. The van der Waals surface area contributed by atoms with E-state index in [9.17, 15) is 13.2 Å². The molecule has 0 spiro atoms. The molecule has 2 heterocycles. The van der Waals surface area contributed by atoms with Crippen LogP contribution >= 0.6 is 11.3 Å². The van der Waals surface area contributed by atoms with Crippen LogP contribution in [0.1, 0.15) is 17.0 Å². The summed E-state index contributed by atoms with van der Waals surface area (Å²) < 4.78 is 48.6. The molecule has 2 aromatic heterocycles. The molecule has 3 aromatic rings. The lowest BCUT2D eigenvalue weighted by Crippen LogP contribution is -2.26. The average Bonchev–Trinajstić information content (AvgIpc) is 3.31. The van der Waals surface area contributed by atoms with Crippen molar-refractivity contribution in [3.63, 3.8) is 0 Å². The van der Waals surface area contributed by atoms with Gasteiger partial charge in [0.25, 0.3) is 0 Å². The number of ether oxygens (including phenoxy) is 1. The average molecular weight is 396 g/mol. The monoisotopic (exact) mass is 396 g/mol. The van der Waals surface area contributed by atoms with E-state index in [0.29, 0.717) is 36.8 Å². The van der Waals surface area contributed by atoms with Crippen molar-refractivity contribution in [2.75, 3.05) is 20.3 Å². The summed E-state index contributed by atoms with van der Waals surface area (Å²) in [5.41, 5.74) is 0.874. The number of aromatic nitrogens is 1. The number of nitrogens with zero attached hydrogens (tertiary/aromatic N) is 2. The second kappa shape index (κ2) is 8.69. The van der Waals surface area contributed by atoms with Crippen LogP contribution in [0, 0.1) is 0 Å². The van der Waals surface area contributed by atoms with Gasteiger partial charge in [0, 0.05) is 31.1 Å². The van der Waals surface area contributed by atoms with Crippen LogP contribution in [0.15, 0.2) is 52.5 Å². The molecule has 0 amide bonds. The van der Waals surface area contributed by atoms with E-state index in [4.69, 9.17) is 9.15 Å². The van der Waals surface area contributed by atoms with Crippen LogP contribution in [-0.2, 0) is 24.0 Å². The number of rotatable bonds is 8. The van der Waals surface area contributed by atoms with Gasteiger partial charge in [0.1, 0.15) is 10.8 Å². The molecular weight excluding hydrogens is 377 g/mol. The number of thiazole rings is 1. The fraction of sp³-hybridized carbons (Fsp3) is 0.316. The van der Waals surface area contributed by atoms with Crippen molar-refractivity contribution in [1.82, 2.24) is 9.88 Å². The lowest BCUT2D eigenvalue weighted by atomic mass is 10.1. The van der Waals surface area contributed by atoms with E-state index in [2.05, 4.69) is 9.88 Å². The molecule has 0 bridgehead atoms. The Morgan fingerprint density at radius 3 is 2.56 bits per heavy atom. The molecule has 0 saturated heterocycles. The number of furan rings is 1. The second-order valence-corrected chi connectivity index (χ2v) is 6.86. The first-order chi connectivity index (χ1) is 13.0. The number of benzene rings is 1. The standard InChI is InChI=1S/C19H19F3N2O2S/c1-25-10-8-24(12-17-3-2-9-26-17)11-16-13-27-18(23-16)14-4-6-15(7-5-14)19(20,21)22/h2-7,9,13H,8,10-12H2,1H3. The minimum atomic E-state index is -4.33. The summed E-state index contributed by atoms with van der Waals surface area (Å²) in [7, 11) is 1.65. The number of alkyl halides is 3. The van der Waals surface area contributed by atoms with Crippen molar-refractivity contribution < 1.29 is 22.3 Å². The number of hydrogen-bond acceptors (Lipinski definition) is 5. The molecule has 0 unspecified atom stereocenters. The zero-order valence-corrected chi connectivity index (χ0v) is 15.5. The van der Waals surface area contributed by atoms with Gasteiger partial charge in [-0.25, -0.2) is 4.98 Å². The predicted octanol–water partition coefficient (Wildman–Crippen LogP) is 5.07. The molecule has 0 atom stereocenters. The van der Waals surface area contributed by atoms with Crippen LogP contribution in [0.4, 0.5) is 13.2 Å². The molecule has 0 aliphatic rings. The third-order valence-electron chi connectivity index (χ3n) is 3.97. The Hall–Kier alpha value is -2.16. The largest absolute Gasteiger partial charge is 0.468 e. The van der Waals surface area contributed by atoms with Gasteiger partial charge in [0.15, 0.2) is 0 Å². The summed E-state index contributed by atoms with van der Waals surface area (Å²) in [6.07, 6.45) is -2.70. The summed E-state index contributed by atoms with van der Waals surface area (Å²) in [6.45, 7) is 2.52. The molecule has 1 aromatic carbocycles. The van der Waals surface area contributed by atoms with Gasteiger partial charge in [-0.2, -0.15) is 13.2 Å². The van der Waals surface area contributed by atoms with Gasteiger partial charge >= 0.3 is 6.18 Å². The molecule has 0 N–H and O–H groups in total. The number of halogens is 3. The van der Waals surface area contributed by atoms with Gasteiger partial charge in [-0.15, -0.1) is 11.3 Å². The fourth-order valence-electron chi connectivity index (χ4n) is 2.60. The van der Waals surface area contributed by atoms with Gasteiger partial charge in [-0.3, -0.25) is 4.90 Å². The van der Waals surface area contributed by atoms with Gasteiger partial charge in [0.05, 0.1) is 30.7 Å². The zero-order chi connectivity index (χ0) is 19.3. The maximum Gasteiger partial charge on any atom is 0.416 e. The summed E-state index contributed by atoms with van der Waals surface area (Å²) >= 11 is 1.42. The normalized spacial score (nSPS) is 12.0. The molecule has 27 heavy (non-hydrogen) atoms. The Balaban J connectivity index is 1.69. The minimum Gasteiger partial charge on any atom is -0.468 e. The highest BCUT2D eigenvalue weighted by Gasteiger charge is 2.30. The van der Waals surface area contributed by atoms with Crippen molar-refractivity contribution in [3.05, 3.63) is 65.1 Å². The molecular formula is C19H19F3N2O2S. The Morgan fingerprint density at radius 1 is 1.15 bits per heavy atom. The SMILES string of the molecule is COCCN(Cc1csc(-c2ccc(C(F)(F)F)cc2)n1)Cc1ccco1. The lowest BCUT2D eigenvalue weighted by molar-refractivity contribution is -0.137. The third-order valence-corrected chi connectivity index (χ3v) is 4.91. The van der Waals surface area contributed by atoms with E-state index < -0.39 is 11.7 Å². The summed E-state index contributed by atoms with van der Waals surface area (Å²) in [6, 6.07) is 8.83. The zero-order valence-electron chi connectivity index (χ0n) is 14.7. The predicted molar refractivity (Wildman–Crippen MR) is 97.3 cm³/mol. The Bertz CT molecular complexity index is 830. The maximum absolute atomic E-state index is 12.7. The Morgan fingerprint density at radius 2 is 1.93 bits per heavy atom. The first kappa shape index (κ1) is 19.6. The van der Waals surface area contributed by atoms with E-state index in [-0.39, 0.29) is 0 Å². The maximum atomic E-state index is 12.7. The van der Waals surface area contributed by atoms with Crippen LogP contribution in [0.3, 0.4) is 0 Å². The van der Waals surface area contributed by atoms with Crippen molar-refractivity contribution in [2.45, 2.75) is 19.3 Å². The number of methoxy groups -OCH3 is 1. The Labute approximate surface area is 159 Å². The molecule has 0 aliphatic carbocycles. The molecule has 3 rings (SSSR count). The highest BCUT2D eigenvalue weighted by atomic mass is 32.1. The van der Waals surface area contributed by atoms with E-state index >= 15 is 0 Å². The van der Waals surface area contributed by atoms with Crippen LogP contribution in [0.5, 0.6) is 0 Å². The van der Waals surface area contributed by atoms with Crippen LogP contribution in [0.25, 0.3) is 10.6 Å². The summed E-state index contributed by atoms with van der Waals surface area (Å²) in [4.78, 5) is 6.72. The first-order valence-electron chi connectivity index (χ1n) is 8.31. The highest BCUT2D eigenvalue weighted by molar-refractivity contribution is 7.13. The van der Waals surface area contributed by atoms with Gasteiger partial charge in [-0.1, -0.05) is 12.1 Å². The van der Waals surface area contributed by atoms with E-state index in [0.717, 1.165) is 23.6 Å². The van der Waals surface area contributed by atoms with Crippen molar-refractivity contribution in [3.8, 4) is 10.6 Å². The Kier molecular flexibility index (Phi) is 6.30. The smallest absolute Gasteiger partial charge is 0.416 e. The van der Waals surface area contributed by atoms with Crippen LogP contribution in [-0.4, -0.2) is 30.1 Å². The van der Waals surface area contributed by atoms with Gasteiger partial charge < -0.3 is 9.15 Å². The quantitative estimate of drug-likeness (QED) is 0.533. The highest BCUT2D eigenvalue weighted by Crippen LogP contribution is 2.31. The summed E-state index contributed by atoms with van der Waals surface area (Å²) in [5, 5.41) is 2.62. The fourth-order valence-corrected chi connectivity index (χ4v) is 3.42. The van der Waals surface area contributed by atoms with Gasteiger partial charge in [0.2, 0.25) is 0 Å². The molecule has 0 radical (unpaired) electrons. The van der Waals surface area contributed by atoms with E-state index in [1.54, 1.807) is 13.4 Å². The topological polar surface area (TPSA) is 38.5 Å². The molecule has 0 fully saturated rings. The van der Waals surface area contributed by atoms with E-state index in [1.165, 1.54) is 23.5 Å². The third kappa shape index (κ3) is 5.41. The first-order valence-corrected chi connectivity index (χ1v) is 9.19. The van der Waals surface area contributed by atoms with Crippen LogP contribution in [0.2, 0.25) is 0 Å². The van der Waals surface area contributed by atoms with Crippen molar-refractivity contribution >= 4 is 11.3 Å². The van der Waals surface area contributed by atoms with Crippen molar-refractivity contribution in [1.29, 1.82) is 0 Å². The van der Waals surface area contributed by atoms with Crippen LogP contribution < -0.4 is 0 Å². The molecule has 144 valence electrons. The second-order valence-electron chi connectivity index (χ2n) is 6.00.